The molecule has 2 rings (SSSR count). The zero-order valence-corrected chi connectivity index (χ0v) is 12.1. The maximum atomic E-state index is 12.5. The molecule has 108 valence electrons. The molecule has 0 aliphatic carbocycles. The van der Waals surface area contributed by atoms with E-state index in [0.29, 0.717) is 25.4 Å². The number of ether oxygens (including phenoxy) is 1. The number of urea groups is 1. The number of morpholine rings is 1. The van der Waals surface area contributed by atoms with Crippen LogP contribution in [0.4, 0.5) is 4.79 Å². The van der Waals surface area contributed by atoms with Gasteiger partial charge < -0.3 is 14.7 Å². The molecule has 0 spiro atoms. The van der Waals surface area contributed by atoms with E-state index >= 15 is 0 Å². The summed E-state index contributed by atoms with van der Waals surface area (Å²) in [5, 5.41) is 9.21. The van der Waals surface area contributed by atoms with Crippen LogP contribution in [-0.2, 0) is 9.53 Å². The lowest BCUT2D eigenvalue weighted by molar-refractivity contribution is -0.141. The Hall–Kier alpha value is -0.950. The molecule has 3 unspecified atom stereocenters. The number of hydrogen-bond donors (Lipinski definition) is 1. The fourth-order valence-corrected chi connectivity index (χ4v) is 3.82. The zero-order valence-electron chi connectivity index (χ0n) is 11.2. The van der Waals surface area contributed by atoms with Gasteiger partial charge in [-0.15, -0.1) is 11.8 Å². The minimum absolute atomic E-state index is 0.0105. The van der Waals surface area contributed by atoms with Crippen LogP contribution in [0.25, 0.3) is 0 Å². The van der Waals surface area contributed by atoms with Crippen LogP contribution in [0.15, 0.2) is 0 Å². The van der Waals surface area contributed by atoms with Gasteiger partial charge in [0.2, 0.25) is 0 Å². The molecule has 19 heavy (non-hydrogen) atoms. The Kier molecular flexibility index (Phi) is 4.57. The first-order chi connectivity index (χ1) is 9.04. The van der Waals surface area contributed by atoms with Crippen LogP contribution in [0, 0.1) is 0 Å². The van der Waals surface area contributed by atoms with Crippen molar-refractivity contribution in [3.63, 3.8) is 0 Å². The molecule has 2 saturated heterocycles. The van der Waals surface area contributed by atoms with Crippen molar-refractivity contribution < 1.29 is 19.4 Å². The molecule has 0 saturated carbocycles. The lowest BCUT2D eigenvalue weighted by atomic mass is 10.2. The van der Waals surface area contributed by atoms with Gasteiger partial charge >= 0.3 is 12.0 Å². The fourth-order valence-electron chi connectivity index (χ4n) is 2.48. The second kappa shape index (κ2) is 6.00. The fraction of sp³-hybridized carbons (Fsp3) is 0.833. The summed E-state index contributed by atoms with van der Waals surface area (Å²) in [6, 6.07) is -0.875. The maximum Gasteiger partial charge on any atom is 0.327 e. The summed E-state index contributed by atoms with van der Waals surface area (Å²) in [5.74, 6) is -0.447. The summed E-state index contributed by atoms with van der Waals surface area (Å²) in [7, 11) is 0. The molecule has 6 nitrogen and oxygen atoms in total. The first kappa shape index (κ1) is 14.5. The van der Waals surface area contributed by atoms with Crippen LogP contribution < -0.4 is 0 Å². The van der Waals surface area contributed by atoms with Gasteiger partial charge in [-0.2, -0.15) is 0 Å². The SMILES string of the molecule is CCC1SCC(C(=O)O)N1C(=O)N1CCOC(C)C1. The summed E-state index contributed by atoms with van der Waals surface area (Å²) < 4.78 is 5.41. The third-order valence-corrected chi connectivity index (χ3v) is 4.91. The van der Waals surface area contributed by atoms with Crippen molar-refractivity contribution in [3.05, 3.63) is 0 Å². The molecule has 2 heterocycles. The molecule has 0 aromatic rings. The van der Waals surface area contributed by atoms with Crippen molar-refractivity contribution in [1.29, 1.82) is 0 Å². The van der Waals surface area contributed by atoms with Gasteiger partial charge in [0, 0.05) is 18.8 Å². The van der Waals surface area contributed by atoms with E-state index in [2.05, 4.69) is 0 Å². The molecule has 0 radical (unpaired) electrons. The molecule has 0 aromatic heterocycles. The van der Waals surface area contributed by atoms with Crippen LogP contribution in [0.5, 0.6) is 0 Å². The predicted molar refractivity (Wildman–Crippen MR) is 72.2 cm³/mol. The quantitative estimate of drug-likeness (QED) is 0.823. The molecule has 2 fully saturated rings. The first-order valence-corrected chi connectivity index (χ1v) is 7.62. The van der Waals surface area contributed by atoms with E-state index in [9.17, 15) is 14.7 Å². The summed E-state index contributed by atoms with van der Waals surface area (Å²) in [5.41, 5.74) is 0. The highest BCUT2D eigenvalue weighted by molar-refractivity contribution is 8.00. The van der Waals surface area contributed by atoms with Crippen LogP contribution in [-0.4, -0.2) is 69.9 Å². The minimum Gasteiger partial charge on any atom is -0.480 e. The summed E-state index contributed by atoms with van der Waals surface area (Å²) >= 11 is 1.55. The van der Waals surface area contributed by atoms with Crippen LogP contribution in [0.1, 0.15) is 20.3 Å². The number of amides is 2. The second-order valence-electron chi connectivity index (χ2n) is 4.87. The number of rotatable bonds is 2. The summed E-state index contributed by atoms with van der Waals surface area (Å²) in [6.07, 6.45) is 0.774. The second-order valence-corrected chi connectivity index (χ2v) is 6.08. The number of nitrogens with zero attached hydrogens (tertiary/aromatic N) is 2. The largest absolute Gasteiger partial charge is 0.480 e. The van der Waals surface area contributed by atoms with Crippen molar-refractivity contribution in [1.82, 2.24) is 9.80 Å². The molecule has 1 N–H and O–H groups in total. The van der Waals surface area contributed by atoms with E-state index in [1.54, 1.807) is 16.7 Å². The molecule has 0 bridgehead atoms. The summed E-state index contributed by atoms with van der Waals surface area (Å²) in [6.45, 7) is 5.48. The van der Waals surface area contributed by atoms with E-state index in [4.69, 9.17) is 4.74 Å². The standard InChI is InChI=1S/C12H20N2O4S/c1-3-10-14(9(7-19-10)11(15)16)12(17)13-4-5-18-8(2)6-13/h8-10H,3-7H2,1-2H3,(H,15,16). The Morgan fingerprint density at radius 2 is 2.21 bits per heavy atom. The highest BCUT2D eigenvalue weighted by Gasteiger charge is 2.43. The zero-order chi connectivity index (χ0) is 14.0. The topological polar surface area (TPSA) is 70.1 Å². The monoisotopic (exact) mass is 288 g/mol. The lowest BCUT2D eigenvalue weighted by Crippen LogP contribution is -2.55. The van der Waals surface area contributed by atoms with Gasteiger partial charge in [0.05, 0.1) is 18.1 Å². The van der Waals surface area contributed by atoms with Crippen molar-refractivity contribution in [2.45, 2.75) is 37.8 Å². The van der Waals surface area contributed by atoms with E-state index in [1.165, 1.54) is 4.90 Å². The molecular formula is C12H20N2O4S. The third kappa shape index (κ3) is 2.97. The summed E-state index contributed by atoms with van der Waals surface area (Å²) in [4.78, 5) is 27.1. The van der Waals surface area contributed by atoms with Gasteiger partial charge in [0.25, 0.3) is 0 Å². The average Bonchev–Trinajstić information content (AvgIpc) is 2.81. The number of thioether (sulfide) groups is 1. The molecule has 7 heteroatoms. The van der Waals surface area contributed by atoms with E-state index in [0.717, 1.165) is 6.42 Å². The van der Waals surface area contributed by atoms with Crippen molar-refractivity contribution >= 4 is 23.8 Å². The average molecular weight is 288 g/mol. The van der Waals surface area contributed by atoms with Gasteiger partial charge in [-0.25, -0.2) is 9.59 Å². The van der Waals surface area contributed by atoms with E-state index < -0.39 is 12.0 Å². The van der Waals surface area contributed by atoms with Crippen LogP contribution >= 0.6 is 11.8 Å². The van der Waals surface area contributed by atoms with Gasteiger partial charge in [0.15, 0.2) is 0 Å². The number of aliphatic carboxylic acids is 1. The number of carboxylic acid groups (broad SMARTS) is 1. The Bertz CT molecular complexity index is 366. The minimum atomic E-state index is -0.918. The highest BCUT2D eigenvalue weighted by atomic mass is 32.2. The lowest BCUT2D eigenvalue weighted by Gasteiger charge is -2.37. The Balaban J connectivity index is 2.11. The highest BCUT2D eigenvalue weighted by Crippen LogP contribution is 2.32. The third-order valence-electron chi connectivity index (χ3n) is 3.46. The molecule has 3 atom stereocenters. The van der Waals surface area contributed by atoms with Gasteiger partial charge in [0.1, 0.15) is 6.04 Å². The van der Waals surface area contributed by atoms with Crippen molar-refractivity contribution in [2.75, 3.05) is 25.4 Å². The molecule has 0 aromatic carbocycles. The first-order valence-electron chi connectivity index (χ1n) is 6.57. The number of carbonyl (C=O) groups is 2. The molecular weight excluding hydrogens is 268 g/mol. The normalized spacial score (nSPS) is 31.6. The van der Waals surface area contributed by atoms with Crippen LogP contribution in [0.3, 0.4) is 0 Å². The Labute approximate surface area is 117 Å². The number of carbonyl (C=O) groups excluding carboxylic acids is 1. The van der Waals surface area contributed by atoms with Gasteiger partial charge in [-0.3, -0.25) is 4.90 Å². The van der Waals surface area contributed by atoms with E-state index in [-0.39, 0.29) is 17.5 Å². The number of carboxylic acids is 1. The van der Waals surface area contributed by atoms with Crippen molar-refractivity contribution in [2.24, 2.45) is 0 Å². The molecule has 2 aliphatic rings. The number of hydrogen-bond acceptors (Lipinski definition) is 4. The van der Waals surface area contributed by atoms with Crippen molar-refractivity contribution in [3.8, 4) is 0 Å². The maximum absolute atomic E-state index is 12.5. The Morgan fingerprint density at radius 3 is 2.79 bits per heavy atom. The van der Waals surface area contributed by atoms with Gasteiger partial charge in [-0.05, 0) is 13.3 Å². The Morgan fingerprint density at radius 1 is 1.47 bits per heavy atom. The smallest absolute Gasteiger partial charge is 0.327 e. The predicted octanol–water partition coefficient (Wildman–Crippen LogP) is 1.07. The molecule has 2 aliphatic heterocycles. The van der Waals surface area contributed by atoms with E-state index in [1.807, 2.05) is 13.8 Å². The van der Waals surface area contributed by atoms with Crippen LogP contribution in [0.2, 0.25) is 0 Å². The molecule has 2 amide bonds. The van der Waals surface area contributed by atoms with Gasteiger partial charge in [-0.1, -0.05) is 6.92 Å².